The first kappa shape index (κ1) is 15.6. The minimum absolute atomic E-state index is 0.183. The molecule has 0 radical (unpaired) electrons. The Balaban J connectivity index is 2.29. The van der Waals surface area contributed by atoms with Crippen molar-refractivity contribution >= 4 is 23.7 Å². The number of amides is 1. The van der Waals surface area contributed by atoms with E-state index in [4.69, 9.17) is 16.3 Å². The smallest absolute Gasteiger partial charge is 0.410 e. The molecule has 0 unspecified atom stereocenters. The zero-order chi connectivity index (χ0) is 15.8. The summed E-state index contributed by atoms with van der Waals surface area (Å²) in [7, 11) is 0. The molecule has 0 spiro atoms. The number of nitrogens with zero attached hydrogens (tertiary/aromatic N) is 1. The summed E-state index contributed by atoms with van der Waals surface area (Å²) in [6, 6.07) is 3.06. The van der Waals surface area contributed by atoms with Gasteiger partial charge in [-0.3, -0.25) is 0 Å². The van der Waals surface area contributed by atoms with Gasteiger partial charge in [0.2, 0.25) is 0 Å². The number of ether oxygens (including phenoxy) is 1. The van der Waals surface area contributed by atoms with Crippen molar-refractivity contribution in [1.29, 1.82) is 0 Å². The largest absolute Gasteiger partial charge is 0.478 e. The zero-order valence-corrected chi connectivity index (χ0v) is 13.0. The van der Waals surface area contributed by atoms with Crippen LogP contribution in [0.2, 0.25) is 5.02 Å². The van der Waals surface area contributed by atoms with E-state index in [1.165, 1.54) is 11.0 Å². The zero-order valence-electron chi connectivity index (χ0n) is 12.3. The van der Waals surface area contributed by atoms with Gasteiger partial charge in [-0.15, -0.1) is 0 Å². The molecule has 1 aliphatic rings. The minimum Gasteiger partial charge on any atom is -0.478 e. The Bertz CT molecular complexity index is 592. The fourth-order valence-corrected chi connectivity index (χ4v) is 2.59. The summed E-state index contributed by atoms with van der Waals surface area (Å²) in [6.45, 7) is 6.05. The maximum atomic E-state index is 12.1. The van der Waals surface area contributed by atoms with Crippen molar-refractivity contribution in [3.8, 4) is 0 Å². The molecule has 0 bridgehead atoms. The number of benzene rings is 1. The highest BCUT2D eigenvalue weighted by molar-refractivity contribution is 6.31. The highest BCUT2D eigenvalue weighted by Gasteiger charge is 2.29. The Morgan fingerprint density at radius 1 is 1.29 bits per heavy atom. The van der Waals surface area contributed by atoms with Gasteiger partial charge in [-0.05, 0) is 50.5 Å². The number of fused-ring (bicyclic) bond motifs is 1. The molecule has 0 aromatic heterocycles. The first-order valence-electron chi connectivity index (χ1n) is 6.70. The average Bonchev–Trinajstić information content (AvgIpc) is 2.36. The molecule has 1 aromatic rings. The standard InChI is InChI=1S/C15H18ClNO4/c1-15(2,3)21-14(20)17-7-6-9-11(8-17)10(13(18)19)4-5-12(9)16/h4-5H,6-8H2,1-3H3,(H,18,19). The summed E-state index contributed by atoms with van der Waals surface area (Å²) < 4.78 is 5.33. The van der Waals surface area contributed by atoms with Crippen molar-refractivity contribution in [3.05, 3.63) is 33.8 Å². The molecule has 5 nitrogen and oxygen atoms in total. The van der Waals surface area contributed by atoms with Crippen LogP contribution in [0.25, 0.3) is 0 Å². The highest BCUT2D eigenvalue weighted by atomic mass is 35.5. The van der Waals surface area contributed by atoms with Crippen molar-refractivity contribution in [2.24, 2.45) is 0 Å². The maximum Gasteiger partial charge on any atom is 0.410 e. The van der Waals surface area contributed by atoms with Crippen LogP contribution in [0.15, 0.2) is 12.1 Å². The Hall–Kier alpha value is -1.75. The third-order valence-corrected chi connectivity index (χ3v) is 3.59. The number of hydrogen-bond acceptors (Lipinski definition) is 3. The number of hydrogen-bond donors (Lipinski definition) is 1. The Morgan fingerprint density at radius 2 is 1.95 bits per heavy atom. The SMILES string of the molecule is CC(C)(C)OC(=O)N1CCc2c(Cl)ccc(C(=O)O)c2C1. The molecule has 21 heavy (non-hydrogen) atoms. The number of carbonyl (C=O) groups excluding carboxylic acids is 1. The Morgan fingerprint density at radius 3 is 2.52 bits per heavy atom. The van der Waals surface area contributed by atoms with Crippen LogP contribution in [0.3, 0.4) is 0 Å². The molecule has 0 fully saturated rings. The number of aromatic carboxylic acids is 1. The molecule has 0 saturated heterocycles. The van der Waals surface area contributed by atoms with Crippen LogP contribution in [0, 0.1) is 0 Å². The fourth-order valence-electron chi connectivity index (χ4n) is 2.31. The number of rotatable bonds is 1. The van der Waals surface area contributed by atoms with Crippen LogP contribution in [0.5, 0.6) is 0 Å². The fraction of sp³-hybridized carbons (Fsp3) is 0.467. The lowest BCUT2D eigenvalue weighted by atomic mass is 9.95. The summed E-state index contributed by atoms with van der Waals surface area (Å²) in [6.07, 6.45) is 0.0820. The van der Waals surface area contributed by atoms with E-state index < -0.39 is 17.7 Å². The second-order valence-corrected chi connectivity index (χ2v) is 6.42. The van der Waals surface area contributed by atoms with E-state index in [1.807, 2.05) is 0 Å². The van der Waals surface area contributed by atoms with Gasteiger partial charge in [0.1, 0.15) is 5.60 Å². The maximum absolute atomic E-state index is 12.1. The van der Waals surface area contributed by atoms with Gasteiger partial charge in [0, 0.05) is 11.6 Å². The molecule has 2 rings (SSSR count). The summed E-state index contributed by atoms with van der Waals surface area (Å²) in [4.78, 5) is 24.9. The van der Waals surface area contributed by atoms with Crippen LogP contribution in [0.4, 0.5) is 4.79 Å². The highest BCUT2D eigenvalue weighted by Crippen LogP contribution is 2.29. The van der Waals surface area contributed by atoms with E-state index in [-0.39, 0.29) is 12.1 Å². The number of carbonyl (C=O) groups is 2. The van der Waals surface area contributed by atoms with E-state index in [9.17, 15) is 14.7 Å². The molecule has 0 atom stereocenters. The molecule has 1 heterocycles. The average molecular weight is 312 g/mol. The van der Waals surface area contributed by atoms with Gasteiger partial charge in [-0.2, -0.15) is 0 Å². The minimum atomic E-state index is -1.02. The molecule has 1 aliphatic heterocycles. The first-order chi connectivity index (χ1) is 9.69. The van der Waals surface area contributed by atoms with Crippen LogP contribution >= 0.6 is 11.6 Å². The summed E-state index contributed by atoms with van der Waals surface area (Å²) in [5.74, 6) is -1.02. The van der Waals surface area contributed by atoms with Crippen LogP contribution < -0.4 is 0 Å². The lowest BCUT2D eigenvalue weighted by molar-refractivity contribution is 0.0221. The number of halogens is 1. The third-order valence-electron chi connectivity index (χ3n) is 3.24. The van der Waals surface area contributed by atoms with Crippen LogP contribution in [-0.4, -0.2) is 34.2 Å². The van der Waals surface area contributed by atoms with E-state index in [2.05, 4.69) is 0 Å². The van der Waals surface area contributed by atoms with Gasteiger partial charge in [-0.1, -0.05) is 11.6 Å². The van der Waals surface area contributed by atoms with Gasteiger partial charge in [-0.25, -0.2) is 9.59 Å². The van der Waals surface area contributed by atoms with Crippen molar-refractivity contribution in [1.82, 2.24) is 4.90 Å². The quantitative estimate of drug-likeness (QED) is 0.864. The second-order valence-electron chi connectivity index (χ2n) is 6.01. The van der Waals surface area contributed by atoms with Crippen molar-refractivity contribution in [2.75, 3.05) is 6.54 Å². The van der Waals surface area contributed by atoms with E-state index in [0.717, 1.165) is 5.56 Å². The van der Waals surface area contributed by atoms with Gasteiger partial charge in [0.15, 0.2) is 0 Å². The van der Waals surface area contributed by atoms with Crippen molar-refractivity contribution < 1.29 is 19.4 Å². The predicted molar refractivity (Wildman–Crippen MR) is 78.8 cm³/mol. The van der Waals surface area contributed by atoms with E-state index >= 15 is 0 Å². The first-order valence-corrected chi connectivity index (χ1v) is 7.08. The van der Waals surface area contributed by atoms with Crippen molar-refractivity contribution in [3.63, 3.8) is 0 Å². The summed E-state index contributed by atoms with van der Waals surface area (Å²) >= 11 is 6.12. The number of carboxylic acid groups (broad SMARTS) is 1. The normalized spacial score (nSPS) is 14.6. The van der Waals surface area contributed by atoms with E-state index in [1.54, 1.807) is 26.8 Å². The lowest BCUT2D eigenvalue weighted by Crippen LogP contribution is -2.40. The van der Waals surface area contributed by atoms with Gasteiger partial charge in [0.25, 0.3) is 0 Å². The molecular weight excluding hydrogens is 294 g/mol. The third kappa shape index (κ3) is 3.47. The molecule has 1 aromatic carbocycles. The van der Waals surface area contributed by atoms with E-state index in [0.29, 0.717) is 23.6 Å². The van der Waals surface area contributed by atoms with Crippen LogP contribution in [-0.2, 0) is 17.7 Å². The number of carboxylic acids is 1. The van der Waals surface area contributed by atoms with Gasteiger partial charge in [0.05, 0.1) is 12.1 Å². The van der Waals surface area contributed by atoms with Gasteiger partial charge < -0.3 is 14.7 Å². The monoisotopic (exact) mass is 311 g/mol. The molecule has 0 saturated carbocycles. The molecular formula is C15H18ClNO4. The summed E-state index contributed by atoms with van der Waals surface area (Å²) in [5.41, 5.74) is 0.993. The predicted octanol–water partition coefficient (Wildman–Crippen LogP) is 3.33. The molecule has 1 N–H and O–H groups in total. The second kappa shape index (κ2) is 5.56. The Kier molecular flexibility index (Phi) is 4.14. The lowest BCUT2D eigenvalue weighted by Gasteiger charge is -2.32. The summed E-state index contributed by atoms with van der Waals surface area (Å²) in [5, 5.41) is 9.81. The molecule has 114 valence electrons. The molecule has 6 heteroatoms. The van der Waals surface area contributed by atoms with Crippen LogP contribution in [0.1, 0.15) is 42.3 Å². The molecule has 0 aliphatic carbocycles. The van der Waals surface area contributed by atoms with Gasteiger partial charge >= 0.3 is 12.1 Å². The Labute approximate surface area is 128 Å². The van der Waals surface area contributed by atoms with Crippen molar-refractivity contribution in [2.45, 2.75) is 39.3 Å². The molecule has 1 amide bonds. The topological polar surface area (TPSA) is 66.8 Å².